The van der Waals surface area contributed by atoms with Crippen LogP contribution in [-0.4, -0.2) is 23.9 Å². The lowest BCUT2D eigenvalue weighted by atomic mass is 10.3. The molecule has 1 aromatic carbocycles. The van der Waals surface area contributed by atoms with Crippen molar-refractivity contribution in [2.45, 2.75) is 13.8 Å². The number of rotatable bonds is 4. The van der Waals surface area contributed by atoms with E-state index in [2.05, 4.69) is 15.6 Å². The predicted octanol–water partition coefficient (Wildman–Crippen LogP) is 2.67. The van der Waals surface area contributed by atoms with E-state index < -0.39 is 0 Å². The molecular weight excluding hydrogens is 290 g/mol. The number of hydrogen-bond acceptors (Lipinski definition) is 5. The molecule has 2 amide bonds. The van der Waals surface area contributed by atoms with Gasteiger partial charge in [0.1, 0.15) is 10.6 Å². The maximum atomic E-state index is 12.2. The van der Waals surface area contributed by atoms with E-state index in [0.717, 1.165) is 11.3 Å². The van der Waals surface area contributed by atoms with Gasteiger partial charge in [0.15, 0.2) is 5.13 Å². The zero-order valence-corrected chi connectivity index (χ0v) is 12.7. The monoisotopic (exact) mass is 305 g/mol. The summed E-state index contributed by atoms with van der Waals surface area (Å²) in [6.45, 7) is 3.12. The minimum absolute atomic E-state index is 0.219. The van der Waals surface area contributed by atoms with Crippen LogP contribution in [-0.2, 0) is 4.79 Å². The van der Waals surface area contributed by atoms with Gasteiger partial charge in [0.05, 0.1) is 12.8 Å². The summed E-state index contributed by atoms with van der Waals surface area (Å²) in [5.41, 5.74) is 1.21. The van der Waals surface area contributed by atoms with Crippen LogP contribution in [0.2, 0.25) is 0 Å². The quantitative estimate of drug-likeness (QED) is 0.910. The fourth-order valence-electron chi connectivity index (χ4n) is 1.70. The van der Waals surface area contributed by atoms with E-state index >= 15 is 0 Å². The van der Waals surface area contributed by atoms with Gasteiger partial charge in [0, 0.05) is 18.7 Å². The Bertz CT molecular complexity index is 682. The van der Waals surface area contributed by atoms with Gasteiger partial charge >= 0.3 is 0 Å². The molecule has 0 radical (unpaired) electrons. The normalized spacial score (nSPS) is 10.0. The molecular formula is C14H15N3O3S. The minimum Gasteiger partial charge on any atom is -0.497 e. The number of methoxy groups -OCH3 is 1. The van der Waals surface area contributed by atoms with Crippen molar-refractivity contribution < 1.29 is 14.3 Å². The smallest absolute Gasteiger partial charge is 0.267 e. The number of benzene rings is 1. The highest BCUT2D eigenvalue weighted by atomic mass is 32.1. The van der Waals surface area contributed by atoms with E-state index in [-0.39, 0.29) is 11.8 Å². The van der Waals surface area contributed by atoms with Crippen LogP contribution in [0.5, 0.6) is 5.75 Å². The van der Waals surface area contributed by atoms with Gasteiger partial charge in [0.2, 0.25) is 5.91 Å². The number of aromatic nitrogens is 1. The highest BCUT2D eigenvalue weighted by Gasteiger charge is 2.16. The second-order valence-electron chi connectivity index (χ2n) is 4.30. The summed E-state index contributed by atoms with van der Waals surface area (Å²) in [6.07, 6.45) is 0. The first-order valence-corrected chi connectivity index (χ1v) is 7.01. The molecule has 0 aliphatic heterocycles. The summed E-state index contributed by atoms with van der Waals surface area (Å²) in [6, 6.07) is 7.08. The third-order valence-corrected chi connectivity index (χ3v) is 3.69. The Balaban J connectivity index is 2.16. The van der Waals surface area contributed by atoms with Crippen LogP contribution in [0.15, 0.2) is 24.3 Å². The Labute approximate surface area is 126 Å². The Morgan fingerprint density at radius 3 is 2.71 bits per heavy atom. The highest BCUT2D eigenvalue weighted by Crippen LogP contribution is 2.24. The largest absolute Gasteiger partial charge is 0.497 e. The number of carbonyl (C=O) groups is 2. The maximum absolute atomic E-state index is 12.2. The van der Waals surface area contributed by atoms with Crippen molar-refractivity contribution >= 4 is 34.0 Å². The predicted molar refractivity (Wildman–Crippen MR) is 82.1 cm³/mol. The molecule has 2 aromatic rings. The Hall–Kier alpha value is -2.41. The molecule has 6 nitrogen and oxygen atoms in total. The lowest BCUT2D eigenvalue weighted by molar-refractivity contribution is -0.114. The summed E-state index contributed by atoms with van der Waals surface area (Å²) >= 11 is 1.14. The molecule has 0 bridgehead atoms. The fraction of sp³-hybridized carbons (Fsp3) is 0.214. The van der Waals surface area contributed by atoms with Crippen molar-refractivity contribution in [3.8, 4) is 5.75 Å². The number of nitrogens with zero attached hydrogens (tertiary/aromatic N) is 1. The number of amides is 2. The van der Waals surface area contributed by atoms with E-state index in [1.807, 2.05) is 0 Å². The molecule has 0 aliphatic carbocycles. The third-order valence-electron chi connectivity index (χ3n) is 2.61. The van der Waals surface area contributed by atoms with Gasteiger partial charge in [-0.25, -0.2) is 4.98 Å². The van der Waals surface area contributed by atoms with E-state index in [4.69, 9.17) is 4.74 Å². The first-order valence-electron chi connectivity index (χ1n) is 6.20. The molecule has 21 heavy (non-hydrogen) atoms. The van der Waals surface area contributed by atoms with Crippen LogP contribution < -0.4 is 15.4 Å². The van der Waals surface area contributed by atoms with Crippen LogP contribution >= 0.6 is 11.3 Å². The van der Waals surface area contributed by atoms with Crippen molar-refractivity contribution in [3.63, 3.8) is 0 Å². The molecule has 0 aliphatic rings. The molecule has 110 valence electrons. The van der Waals surface area contributed by atoms with Crippen LogP contribution in [0.4, 0.5) is 10.8 Å². The Morgan fingerprint density at radius 2 is 2.05 bits per heavy atom. The van der Waals surface area contributed by atoms with Gasteiger partial charge < -0.3 is 15.4 Å². The van der Waals surface area contributed by atoms with E-state index in [9.17, 15) is 9.59 Å². The van der Waals surface area contributed by atoms with Gasteiger partial charge in [-0.3, -0.25) is 9.59 Å². The van der Waals surface area contributed by atoms with Crippen LogP contribution in [0.1, 0.15) is 22.3 Å². The number of ether oxygens (including phenoxy) is 1. The molecule has 0 spiro atoms. The lowest BCUT2D eigenvalue weighted by Gasteiger charge is -2.06. The van der Waals surface area contributed by atoms with Crippen molar-refractivity contribution in [1.82, 2.24) is 4.98 Å². The first-order chi connectivity index (χ1) is 9.99. The average molecular weight is 305 g/mol. The Morgan fingerprint density at radius 1 is 1.29 bits per heavy atom. The van der Waals surface area contributed by atoms with Crippen molar-refractivity contribution in [2.75, 3.05) is 17.7 Å². The molecule has 0 unspecified atom stereocenters. The number of carbonyl (C=O) groups excluding carboxylic acids is 2. The van der Waals surface area contributed by atoms with Crippen molar-refractivity contribution in [3.05, 3.63) is 34.8 Å². The molecule has 1 heterocycles. The van der Waals surface area contributed by atoms with Crippen LogP contribution in [0, 0.1) is 6.92 Å². The summed E-state index contributed by atoms with van der Waals surface area (Å²) in [5, 5.41) is 5.76. The van der Waals surface area contributed by atoms with Gasteiger partial charge in [-0.05, 0) is 19.1 Å². The molecule has 2 N–H and O–H groups in total. The van der Waals surface area contributed by atoms with Crippen molar-refractivity contribution in [2.24, 2.45) is 0 Å². The third kappa shape index (κ3) is 3.79. The van der Waals surface area contributed by atoms with Gasteiger partial charge in [-0.2, -0.15) is 0 Å². The molecule has 0 fully saturated rings. The molecule has 2 rings (SSSR count). The standard InChI is InChI=1S/C14H15N3O3S/c1-8-12(21-14(15-8)16-9(2)18)13(19)17-10-5-4-6-11(7-10)20-3/h4-7H,1-3H3,(H,17,19)(H,15,16,18). The molecule has 1 aromatic heterocycles. The SMILES string of the molecule is COc1cccc(NC(=O)c2sc(NC(C)=O)nc2C)c1. The number of anilines is 2. The summed E-state index contributed by atoms with van der Waals surface area (Å²) < 4.78 is 5.11. The minimum atomic E-state index is -0.269. The molecule has 0 saturated carbocycles. The van der Waals surface area contributed by atoms with Crippen LogP contribution in [0.25, 0.3) is 0 Å². The first kappa shape index (κ1) is 15.0. The zero-order chi connectivity index (χ0) is 15.4. The molecule has 0 saturated heterocycles. The number of aryl methyl sites for hydroxylation is 1. The van der Waals surface area contributed by atoms with Crippen molar-refractivity contribution in [1.29, 1.82) is 0 Å². The number of thiazole rings is 1. The van der Waals surface area contributed by atoms with E-state index in [0.29, 0.717) is 27.1 Å². The second kappa shape index (κ2) is 6.36. The number of hydrogen-bond donors (Lipinski definition) is 2. The summed E-state index contributed by atoms with van der Waals surface area (Å²) in [7, 11) is 1.56. The molecule has 7 heteroatoms. The topological polar surface area (TPSA) is 80.3 Å². The van der Waals surface area contributed by atoms with Gasteiger partial charge in [0.25, 0.3) is 5.91 Å². The lowest BCUT2D eigenvalue weighted by Crippen LogP contribution is -2.11. The Kier molecular flexibility index (Phi) is 4.54. The van der Waals surface area contributed by atoms with E-state index in [1.54, 1.807) is 38.3 Å². The summed E-state index contributed by atoms with van der Waals surface area (Å²) in [5.74, 6) is 0.172. The van der Waals surface area contributed by atoms with Gasteiger partial charge in [-0.15, -0.1) is 0 Å². The fourth-order valence-corrected chi connectivity index (χ4v) is 2.61. The van der Waals surface area contributed by atoms with Crippen LogP contribution in [0.3, 0.4) is 0 Å². The average Bonchev–Trinajstić information content (AvgIpc) is 2.79. The number of nitrogens with one attached hydrogen (secondary N) is 2. The van der Waals surface area contributed by atoms with E-state index in [1.165, 1.54) is 6.92 Å². The second-order valence-corrected chi connectivity index (χ2v) is 5.30. The maximum Gasteiger partial charge on any atom is 0.267 e. The molecule has 0 atom stereocenters. The highest BCUT2D eigenvalue weighted by molar-refractivity contribution is 7.17. The summed E-state index contributed by atoms with van der Waals surface area (Å²) in [4.78, 5) is 27.9. The van der Waals surface area contributed by atoms with Gasteiger partial charge in [-0.1, -0.05) is 17.4 Å². The zero-order valence-electron chi connectivity index (χ0n) is 11.9.